The van der Waals surface area contributed by atoms with Crippen LogP contribution in [-0.2, 0) is 21.6 Å². The van der Waals surface area contributed by atoms with Crippen molar-refractivity contribution in [3.8, 4) is 0 Å². The zero-order valence-corrected chi connectivity index (χ0v) is 17.5. The Labute approximate surface area is 177 Å². The van der Waals surface area contributed by atoms with Gasteiger partial charge in [-0.3, -0.25) is 9.69 Å². The zero-order chi connectivity index (χ0) is 21.1. The molecule has 1 N–H and O–H groups in total. The molecule has 2 heterocycles. The molecule has 4 rings (SSSR count). The number of rotatable bonds is 6. The predicted octanol–water partition coefficient (Wildman–Crippen LogP) is 2.38. The minimum absolute atomic E-state index is 0.229. The predicted molar refractivity (Wildman–Crippen MR) is 115 cm³/mol. The van der Waals surface area contributed by atoms with Crippen LogP contribution in [-0.4, -0.2) is 61.8 Å². The van der Waals surface area contributed by atoms with E-state index in [-0.39, 0.29) is 18.6 Å². The van der Waals surface area contributed by atoms with Gasteiger partial charge in [-0.25, -0.2) is 9.69 Å². The quantitative estimate of drug-likeness (QED) is 0.744. The molecule has 2 aromatic carbocycles. The van der Waals surface area contributed by atoms with E-state index in [1.54, 1.807) is 6.92 Å². The Hall–Kier alpha value is -2.90. The van der Waals surface area contributed by atoms with Crippen molar-refractivity contribution in [2.45, 2.75) is 19.0 Å². The van der Waals surface area contributed by atoms with Crippen molar-refractivity contribution in [3.63, 3.8) is 0 Å². The van der Waals surface area contributed by atoms with Gasteiger partial charge in [-0.1, -0.05) is 42.5 Å². The molecule has 0 aliphatic carbocycles. The Morgan fingerprint density at radius 2 is 1.70 bits per heavy atom. The summed E-state index contributed by atoms with van der Waals surface area (Å²) < 4.78 is 5.41. The Morgan fingerprint density at radius 1 is 1.03 bits per heavy atom. The van der Waals surface area contributed by atoms with Crippen molar-refractivity contribution in [3.05, 3.63) is 65.7 Å². The molecule has 0 radical (unpaired) electrons. The Bertz CT molecular complexity index is 896. The number of urea groups is 1. The second-order valence-electron chi connectivity index (χ2n) is 8.08. The standard InChI is InChI=1S/C23H28N4O3/c1-23(19-6-4-3-5-7-19)21(28)27(22(29)24-23)17-25(2)16-18-8-10-20(11-9-18)26-12-14-30-15-13-26/h3-11H,12-17H2,1-2H3,(H,24,29)/t23-/m0/s1. The van der Waals surface area contributed by atoms with Crippen LogP contribution in [0.25, 0.3) is 0 Å². The molecule has 158 valence electrons. The van der Waals surface area contributed by atoms with Gasteiger partial charge in [0.2, 0.25) is 0 Å². The summed E-state index contributed by atoms with van der Waals surface area (Å²) in [6.07, 6.45) is 0. The van der Waals surface area contributed by atoms with Crippen LogP contribution in [0, 0.1) is 0 Å². The topological polar surface area (TPSA) is 65.1 Å². The third-order valence-electron chi connectivity index (χ3n) is 5.77. The van der Waals surface area contributed by atoms with Crippen LogP contribution < -0.4 is 10.2 Å². The number of imide groups is 1. The second-order valence-corrected chi connectivity index (χ2v) is 8.08. The SMILES string of the molecule is CN(Cc1ccc(N2CCOCC2)cc1)CN1C(=O)N[C@@](C)(c2ccccc2)C1=O. The maximum atomic E-state index is 13.0. The van der Waals surface area contributed by atoms with E-state index in [1.165, 1.54) is 10.6 Å². The fraction of sp³-hybridized carbons (Fsp3) is 0.391. The van der Waals surface area contributed by atoms with Crippen molar-refractivity contribution in [1.29, 1.82) is 0 Å². The number of hydrogen-bond donors (Lipinski definition) is 1. The average Bonchev–Trinajstić information content (AvgIpc) is 2.99. The van der Waals surface area contributed by atoms with E-state index < -0.39 is 5.54 Å². The van der Waals surface area contributed by atoms with Gasteiger partial charge in [0.15, 0.2) is 0 Å². The fourth-order valence-corrected chi connectivity index (χ4v) is 4.03. The highest BCUT2D eigenvalue weighted by atomic mass is 16.5. The number of anilines is 1. The molecular formula is C23H28N4O3. The number of carbonyl (C=O) groups excluding carboxylic acids is 2. The van der Waals surface area contributed by atoms with Crippen LogP contribution in [0.2, 0.25) is 0 Å². The number of morpholine rings is 1. The molecule has 7 heteroatoms. The molecule has 2 aliphatic rings. The smallest absolute Gasteiger partial charge is 0.326 e. The van der Waals surface area contributed by atoms with Crippen LogP contribution in [0.1, 0.15) is 18.1 Å². The summed E-state index contributed by atoms with van der Waals surface area (Å²) in [5.41, 5.74) is 2.08. The molecule has 0 unspecified atom stereocenters. The number of benzene rings is 2. The van der Waals surface area contributed by atoms with Crippen molar-refractivity contribution >= 4 is 17.6 Å². The molecule has 2 saturated heterocycles. The lowest BCUT2D eigenvalue weighted by Gasteiger charge is -2.29. The number of hydrogen-bond acceptors (Lipinski definition) is 5. The van der Waals surface area contributed by atoms with Gasteiger partial charge in [0.1, 0.15) is 5.54 Å². The molecule has 2 aromatic rings. The summed E-state index contributed by atoms with van der Waals surface area (Å²) in [6, 6.07) is 17.4. The van der Waals surface area contributed by atoms with Crippen molar-refractivity contribution in [2.75, 3.05) is 44.9 Å². The number of ether oxygens (including phenoxy) is 1. The molecule has 30 heavy (non-hydrogen) atoms. The van der Waals surface area contributed by atoms with Gasteiger partial charge < -0.3 is 15.0 Å². The van der Waals surface area contributed by atoms with Crippen LogP contribution >= 0.6 is 0 Å². The molecule has 2 aliphatic heterocycles. The number of nitrogens with one attached hydrogen (secondary N) is 1. The monoisotopic (exact) mass is 408 g/mol. The molecule has 0 aromatic heterocycles. The van der Waals surface area contributed by atoms with E-state index in [9.17, 15) is 9.59 Å². The van der Waals surface area contributed by atoms with Crippen molar-refractivity contribution in [1.82, 2.24) is 15.1 Å². The van der Waals surface area contributed by atoms with Crippen LogP contribution in [0.5, 0.6) is 0 Å². The number of amides is 3. The summed E-state index contributed by atoms with van der Waals surface area (Å²) in [5, 5.41) is 2.85. The first-order chi connectivity index (χ1) is 14.5. The van der Waals surface area contributed by atoms with Crippen LogP contribution in [0.3, 0.4) is 0 Å². The van der Waals surface area contributed by atoms with Gasteiger partial charge in [-0.2, -0.15) is 0 Å². The maximum absolute atomic E-state index is 13.0. The summed E-state index contributed by atoms with van der Waals surface area (Å²) in [6.45, 7) is 5.97. The molecule has 2 fully saturated rings. The Morgan fingerprint density at radius 3 is 2.37 bits per heavy atom. The highest BCUT2D eigenvalue weighted by molar-refractivity contribution is 6.07. The summed E-state index contributed by atoms with van der Waals surface area (Å²) >= 11 is 0. The Balaban J connectivity index is 1.38. The van der Waals surface area contributed by atoms with E-state index in [4.69, 9.17) is 4.74 Å². The van der Waals surface area contributed by atoms with E-state index in [1.807, 2.05) is 42.3 Å². The highest BCUT2D eigenvalue weighted by Gasteiger charge is 2.49. The van der Waals surface area contributed by atoms with Crippen LogP contribution in [0.15, 0.2) is 54.6 Å². The molecule has 0 bridgehead atoms. The largest absolute Gasteiger partial charge is 0.378 e. The molecule has 7 nitrogen and oxygen atoms in total. The van der Waals surface area contributed by atoms with E-state index >= 15 is 0 Å². The second kappa shape index (κ2) is 8.45. The highest BCUT2D eigenvalue weighted by Crippen LogP contribution is 2.28. The lowest BCUT2D eigenvalue weighted by molar-refractivity contribution is -0.132. The summed E-state index contributed by atoms with van der Waals surface area (Å²) in [5.74, 6) is -0.229. The van der Waals surface area contributed by atoms with E-state index in [0.717, 1.165) is 37.4 Å². The van der Waals surface area contributed by atoms with Gasteiger partial charge in [-0.15, -0.1) is 0 Å². The lowest BCUT2D eigenvalue weighted by Crippen LogP contribution is -2.42. The fourth-order valence-electron chi connectivity index (χ4n) is 4.03. The van der Waals surface area contributed by atoms with Gasteiger partial charge >= 0.3 is 6.03 Å². The molecule has 3 amide bonds. The molecular weight excluding hydrogens is 380 g/mol. The molecule has 0 saturated carbocycles. The zero-order valence-electron chi connectivity index (χ0n) is 17.5. The van der Waals surface area contributed by atoms with Crippen LogP contribution in [0.4, 0.5) is 10.5 Å². The maximum Gasteiger partial charge on any atom is 0.326 e. The summed E-state index contributed by atoms with van der Waals surface area (Å²) in [4.78, 5) is 31.1. The first kappa shape index (κ1) is 20.4. The van der Waals surface area contributed by atoms with E-state index in [0.29, 0.717) is 6.54 Å². The third-order valence-corrected chi connectivity index (χ3v) is 5.77. The van der Waals surface area contributed by atoms with Gasteiger partial charge in [0.05, 0.1) is 19.9 Å². The van der Waals surface area contributed by atoms with Gasteiger partial charge in [-0.05, 0) is 37.2 Å². The minimum Gasteiger partial charge on any atom is -0.378 e. The van der Waals surface area contributed by atoms with Crippen molar-refractivity contribution in [2.24, 2.45) is 0 Å². The lowest BCUT2D eigenvalue weighted by atomic mass is 9.92. The Kier molecular flexibility index (Phi) is 5.74. The molecule has 0 spiro atoms. The van der Waals surface area contributed by atoms with Gasteiger partial charge in [0.25, 0.3) is 5.91 Å². The molecule has 1 atom stereocenters. The minimum atomic E-state index is -1.03. The normalized spacial score (nSPS) is 22.0. The first-order valence-corrected chi connectivity index (χ1v) is 10.3. The average molecular weight is 409 g/mol. The van der Waals surface area contributed by atoms with E-state index in [2.05, 4.69) is 34.5 Å². The number of carbonyl (C=O) groups is 2. The first-order valence-electron chi connectivity index (χ1n) is 10.3. The van der Waals surface area contributed by atoms with Crippen molar-refractivity contribution < 1.29 is 14.3 Å². The van der Waals surface area contributed by atoms with Gasteiger partial charge in [0, 0.05) is 25.3 Å². The number of nitrogens with zero attached hydrogens (tertiary/aromatic N) is 3. The third kappa shape index (κ3) is 4.04. The summed E-state index contributed by atoms with van der Waals surface area (Å²) in [7, 11) is 1.91.